The fourth-order valence-electron chi connectivity index (χ4n) is 2.82. The summed E-state index contributed by atoms with van der Waals surface area (Å²) in [6.45, 7) is 3.31. The third kappa shape index (κ3) is 3.55. The molecule has 1 aliphatic carbocycles. The predicted molar refractivity (Wildman–Crippen MR) is 92.7 cm³/mol. The van der Waals surface area contributed by atoms with Gasteiger partial charge >= 0.3 is 0 Å². The molecule has 24 heavy (non-hydrogen) atoms. The summed E-state index contributed by atoms with van der Waals surface area (Å²) in [7, 11) is 0. The van der Waals surface area contributed by atoms with Crippen LogP contribution < -0.4 is 10.6 Å². The Kier molecular flexibility index (Phi) is 4.79. The van der Waals surface area contributed by atoms with Crippen LogP contribution in [-0.4, -0.2) is 24.0 Å². The Labute approximate surface area is 141 Å². The fraction of sp³-hybridized carbons (Fsp3) is 0.368. The van der Waals surface area contributed by atoms with Gasteiger partial charge in [-0.25, -0.2) is 9.37 Å². The van der Waals surface area contributed by atoms with E-state index in [1.165, 1.54) is 6.07 Å². The number of anilines is 1. The first-order valence-electron chi connectivity index (χ1n) is 8.38. The third-order valence-corrected chi connectivity index (χ3v) is 4.47. The molecule has 2 aromatic rings. The standard InChI is InChI=1S/C19H22FN3O/c1-2-11-21-18(24)14-7-8-17(22-12-14)23-13-19(9-10-19)15-5-3-4-6-16(15)20/h3-8,12H,2,9-11,13H2,1H3,(H,21,24)(H,22,23). The number of halogens is 1. The Morgan fingerprint density at radius 1 is 1.25 bits per heavy atom. The van der Waals surface area contributed by atoms with Crippen LogP contribution in [0.25, 0.3) is 0 Å². The number of hydrogen-bond donors (Lipinski definition) is 2. The van der Waals surface area contributed by atoms with Crippen molar-refractivity contribution in [3.05, 3.63) is 59.5 Å². The number of rotatable bonds is 7. The van der Waals surface area contributed by atoms with Crippen molar-refractivity contribution >= 4 is 11.7 Å². The van der Waals surface area contributed by atoms with Gasteiger partial charge in [0.2, 0.25) is 0 Å². The molecule has 1 aliphatic rings. The molecule has 4 nitrogen and oxygen atoms in total. The van der Waals surface area contributed by atoms with Crippen molar-refractivity contribution in [3.8, 4) is 0 Å². The number of aromatic nitrogens is 1. The average Bonchev–Trinajstić information content (AvgIpc) is 3.40. The van der Waals surface area contributed by atoms with Crippen molar-refractivity contribution in [3.63, 3.8) is 0 Å². The van der Waals surface area contributed by atoms with Crippen LogP contribution in [0.15, 0.2) is 42.6 Å². The smallest absolute Gasteiger partial charge is 0.252 e. The molecule has 1 amide bonds. The van der Waals surface area contributed by atoms with Gasteiger partial charge in [0.15, 0.2) is 0 Å². The zero-order chi connectivity index (χ0) is 17.0. The molecule has 1 fully saturated rings. The van der Waals surface area contributed by atoms with Gasteiger partial charge in [-0.3, -0.25) is 4.79 Å². The zero-order valence-corrected chi connectivity index (χ0v) is 13.8. The number of amides is 1. The monoisotopic (exact) mass is 327 g/mol. The molecule has 0 bridgehead atoms. The molecule has 1 saturated carbocycles. The van der Waals surface area contributed by atoms with E-state index in [0.29, 0.717) is 24.5 Å². The minimum atomic E-state index is -0.146. The molecule has 0 radical (unpaired) electrons. The molecule has 1 aromatic heterocycles. The van der Waals surface area contributed by atoms with Gasteiger partial charge in [-0.05, 0) is 43.0 Å². The lowest BCUT2D eigenvalue weighted by Crippen LogP contribution is -2.24. The lowest BCUT2D eigenvalue weighted by Gasteiger charge is -2.17. The van der Waals surface area contributed by atoms with Gasteiger partial charge in [-0.15, -0.1) is 0 Å². The Morgan fingerprint density at radius 2 is 2.04 bits per heavy atom. The molecule has 5 heteroatoms. The first-order valence-corrected chi connectivity index (χ1v) is 8.38. The van der Waals surface area contributed by atoms with E-state index >= 15 is 0 Å². The third-order valence-electron chi connectivity index (χ3n) is 4.47. The van der Waals surface area contributed by atoms with Crippen molar-refractivity contribution in [2.75, 3.05) is 18.4 Å². The molecule has 2 N–H and O–H groups in total. The molecule has 0 aliphatic heterocycles. The molecule has 0 unspecified atom stereocenters. The summed E-state index contributed by atoms with van der Waals surface area (Å²) in [6.07, 6.45) is 4.41. The van der Waals surface area contributed by atoms with Crippen LogP contribution in [0.1, 0.15) is 42.1 Å². The van der Waals surface area contributed by atoms with Crippen LogP contribution in [0, 0.1) is 5.82 Å². The lowest BCUT2D eigenvalue weighted by molar-refractivity contribution is 0.0953. The van der Waals surface area contributed by atoms with Crippen molar-refractivity contribution in [2.24, 2.45) is 0 Å². The Balaban J connectivity index is 1.61. The summed E-state index contributed by atoms with van der Waals surface area (Å²) >= 11 is 0. The maximum absolute atomic E-state index is 14.0. The van der Waals surface area contributed by atoms with Crippen LogP contribution in [0.4, 0.5) is 10.2 Å². The highest BCUT2D eigenvalue weighted by Gasteiger charge is 2.45. The Morgan fingerprint density at radius 3 is 2.67 bits per heavy atom. The average molecular weight is 327 g/mol. The number of carbonyl (C=O) groups excluding carboxylic acids is 1. The summed E-state index contributed by atoms with van der Waals surface area (Å²) in [5, 5.41) is 6.09. The van der Waals surface area contributed by atoms with Crippen LogP contribution in [-0.2, 0) is 5.41 Å². The van der Waals surface area contributed by atoms with Gasteiger partial charge in [0.1, 0.15) is 11.6 Å². The van der Waals surface area contributed by atoms with Crippen molar-refractivity contribution in [1.29, 1.82) is 0 Å². The second-order valence-corrected chi connectivity index (χ2v) is 6.30. The number of hydrogen-bond acceptors (Lipinski definition) is 3. The van der Waals surface area contributed by atoms with Gasteiger partial charge in [-0.1, -0.05) is 25.1 Å². The van der Waals surface area contributed by atoms with E-state index in [4.69, 9.17) is 0 Å². The summed E-state index contributed by atoms with van der Waals surface area (Å²) in [4.78, 5) is 16.1. The second-order valence-electron chi connectivity index (χ2n) is 6.30. The highest BCUT2D eigenvalue weighted by molar-refractivity contribution is 5.94. The highest BCUT2D eigenvalue weighted by Crippen LogP contribution is 2.48. The Bertz CT molecular complexity index is 711. The first-order chi connectivity index (χ1) is 11.6. The number of pyridine rings is 1. The van der Waals surface area contributed by atoms with Gasteiger partial charge in [0, 0.05) is 24.7 Å². The summed E-state index contributed by atoms with van der Waals surface area (Å²) in [6, 6.07) is 10.5. The van der Waals surface area contributed by atoms with Crippen LogP contribution >= 0.6 is 0 Å². The lowest BCUT2D eigenvalue weighted by atomic mass is 9.95. The van der Waals surface area contributed by atoms with Gasteiger partial charge in [0.25, 0.3) is 5.91 Å². The maximum Gasteiger partial charge on any atom is 0.252 e. The molecular weight excluding hydrogens is 305 g/mol. The first kappa shape index (κ1) is 16.4. The number of carbonyl (C=O) groups is 1. The molecule has 0 atom stereocenters. The van der Waals surface area contributed by atoms with Crippen molar-refractivity contribution in [2.45, 2.75) is 31.6 Å². The predicted octanol–water partition coefficient (Wildman–Crippen LogP) is 3.50. The number of benzene rings is 1. The van der Waals surface area contributed by atoms with Crippen LogP contribution in [0.3, 0.4) is 0 Å². The second kappa shape index (κ2) is 6.99. The largest absolute Gasteiger partial charge is 0.369 e. The van der Waals surface area contributed by atoms with Gasteiger partial charge < -0.3 is 10.6 Å². The van der Waals surface area contributed by atoms with Crippen LogP contribution in [0.2, 0.25) is 0 Å². The number of nitrogens with zero attached hydrogens (tertiary/aromatic N) is 1. The van der Waals surface area contributed by atoms with E-state index in [1.807, 2.05) is 19.1 Å². The molecule has 1 heterocycles. The topological polar surface area (TPSA) is 54.0 Å². The van der Waals surface area contributed by atoms with Crippen molar-refractivity contribution < 1.29 is 9.18 Å². The van der Waals surface area contributed by atoms with E-state index < -0.39 is 0 Å². The Hall–Kier alpha value is -2.43. The van der Waals surface area contributed by atoms with E-state index in [-0.39, 0.29) is 17.1 Å². The maximum atomic E-state index is 14.0. The minimum absolute atomic E-state index is 0.110. The molecular formula is C19H22FN3O. The van der Waals surface area contributed by atoms with E-state index in [2.05, 4.69) is 15.6 Å². The molecule has 0 spiro atoms. The summed E-state index contributed by atoms with van der Waals surface area (Å²) < 4.78 is 14.0. The fourth-order valence-corrected chi connectivity index (χ4v) is 2.82. The molecule has 0 saturated heterocycles. The summed E-state index contributed by atoms with van der Waals surface area (Å²) in [5.74, 6) is 0.443. The van der Waals surface area contributed by atoms with E-state index in [0.717, 1.165) is 24.8 Å². The van der Waals surface area contributed by atoms with E-state index in [9.17, 15) is 9.18 Å². The molecule has 126 valence electrons. The normalized spacial score (nSPS) is 14.9. The molecule has 1 aromatic carbocycles. The van der Waals surface area contributed by atoms with Crippen molar-refractivity contribution in [1.82, 2.24) is 10.3 Å². The van der Waals surface area contributed by atoms with Gasteiger partial charge in [-0.2, -0.15) is 0 Å². The SMILES string of the molecule is CCCNC(=O)c1ccc(NCC2(c3ccccc3F)CC2)nc1. The minimum Gasteiger partial charge on any atom is -0.369 e. The van der Waals surface area contributed by atoms with Gasteiger partial charge in [0.05, 0.1) is 5.56 Å². The van der Waals surface area contributed by atoms with Crippen LogP contribution in [0.5, 0.6) is 0 Å². The molecule has 3 rings (SSSR count). The number of nitrogens with one attached hydrogen (secondary N) is 2. The zero-order valence-electron chi connectivity index (χ0n) is 13.8. The summed E-state index contributed by atoms with van der Waals surface area (Å²) in [5.41, 5.74) is 1.18. The quantitative estimate of drug-likeness (QED) is 0.818. The highest BCUT2D eigenvalue weighted by atomic mass is 19.1. The van der Waals surface area contributed by atoms with E-state index in [1.54, 1.807) is 24.4 Å².